The van der Waals surface area contributed by atoms with Crippen LogP contribution < -0.4 is 5.32 Å². The standard InChI is InChI=1S/C11H17F3N4S/c1-4-15-10(18(2)3)16-6-5-9-17-8(7-19-9)11(12,13)14/h7H,4-6H2,1-3H3,(H,15,16). The Kier molecular flexibility index (Phi) is 5.59. The Morgan fingerprint density at radius 1 is 1.47 bits per heavy atom. The van der Waals surface area contributed by atoms with Gasteiger partial charge in [0.1, 0.15) is 0 Å². The first kappa shape index (κ1) is 15.7. The van der Waals surface area contributed by atoms with Gasteiger partial charge >= 0.3 is 6.18 Å². The molecule has 0 spiro atoms. The van der Waals surface area contributed by atoms with E-state index in [1.54, 1.807) is 0 Å². The molecule has 0 aromatic carbocycles. The van der Waals surface area contributed by atoms with E-state index in [0.29, 0.717) is 18.0 Å². The Balaban J connectivity index is 2.57. The molecule has 8 heteroatoms. The van der Waals surface area contributed by atoms with E-state index in [4.69, 9.17) is 0 Å². The average Bonchev–Trinajstić information content (AvgIpc) is 2.76. The van der Waals surface area contributed by atoms with Crippen LogP contribution in [0.15, 0.2) is 10.4 Å². The molecule has 108 valence electrons. The van der Waals surface area contributed by atoms with Crippen LogP contribution in [-0.4, -0.2) is 43.0 Å². The second-order valence-corrected chi connectivity index (χ2v) is 4.95. The van der Waals surface area contributed by atoms with Gasteiger partial charge < -0.3 is 10.2 Å². The largest absolute Gasteiger partial charge is 0.434 e. The summed E-state index contributed by atoms with van der Waals surface area (Å²) >= 11 is 1.02. The number of alkyl halides is 3. The van der Waals surface area contributed by atoms with Crippen molar-refractivity contribution in [2.45, 2.75) is 19.5 Å². The fraction of sp³-hybridized carbons (Fsp3) is 0.636. The second kappa shape index (κ2) is 6.74. The van der Waals surface area contributed by atoms with E-state index in [9.17, 15) is 13.2 Å². The predicted octanol–water partition coefficient (Wildman–Crippen LogP) is 2.23. The molecule has 0 radical (unpaired) electrons. The molecule has 0 amide bonds. The molecule has 19 heavy (non-hydrogen) atoms. The first-order valence-corrected chi connectivity index (χ1v) is 6.69. The minimum absolute atomic E-state index is 0.406. The lowest BCUT2D eigenvalue weighted by atomic mass is 10.4. The fourth-order valence-corrected chi connectivity index (χ4v) is 2.12. The van der Waals surface area contributed by atoms with Crippen LogP contribution in [0.5, 0.6) is 0 Å². The zero-order valence-electron chi connectivity index (χ0n) is 11.1. The van der Waals surface area contributed by atoms with Gasteiger partial charge in [0.15, 0.2) is 11.7 Å². The SMILES string of the molecule is CCNC(=NCCc1nc(C(F)(F)F)cs1)N(C)C. The normalized spacial score (nSPS) is 12.6. The minimum Gasteiger partial charge on any atom is -0.357 e. The number of hydrogen-bond acceptors (Lipinski definition) is 3. The van der Waals surface area contributed by atoms with Gasteiger partial charge in [-0.1, -0.05) is 0 Å². The summed E-state index contributed by atoms with van der Waals surface area (Å²) in [6, 6.07) is 0. The van der Waals surface area contributed by atoms with Gasteiger partial charge in [-0.05, 0) is 6.92 Å². The second-order valence-electron chi connectivity index (χ2n) is 4.00. The van der Waals surface area contributed by atoms with Crippen molar-refractivity contribution in [2.24, 2.45) is 4.99 Å². The highest BCUT2D eigenvalue weighted by molar-refractivity contribution is 7.09. The molecule has 0 unspecified atom stereocenters. The van der Waals surface area contributed by atoms with Gasteiger partial charge in [0, 0.05) is 39.0 Å². The Bertz CT molecular complexity index is 426. The number of rotatable bonds is 4. The van der Waals surface area contributed by atoms with Gasteiger partial charge in [-0.3, -0.25) is 4.99 Å². The summed E-state index contributed by atoms with van der Waals surface area (Å²) in [7, 11) is 3.71. The van der Waals surface area contributed by atoms with Crippen LogP contribution in [0.25, 0.3) is 0 Å². The van der Waals surface area contributed by atoms with Crippen molar-refractivity contribution < 1.29 is 13.2 Å². The third-order valence-corrected chi connectivity index (χ3v) is 3.10. The van der Waals surface area contributed by atoms with Gasteiger partial charge in [0.2, 0.25) is 0 Å². The fourth-order valence-electron chi connectivity index (χ4n) is 1.33. The summed E-state index contributed by atoms with van der Waals surface area (Å²) in [4.78, 5) is 9.68. The van der Waals surface area contributed by atoms with Crippen molar-refractivity contribution in [3.05, 3.63) is 16.1 Å². The topological polar surface area (TPSA) is 40.5 Å². The van der Waals surface area contributed by atoms with Gasteiger partial charge in [0.05, 0.1) is 5.01 Å². The minimum atomic E-state index is -4.36. The number of hydrogen-bond donors (Lipinski definition) is 1. The van der Waals surface area contributed by atoms with Gasteiger partial charge in [-0.2, -0.15) is 13.2 Å². The highest BCUT2D eigenvalue weighted by atomic mass is 32.1. The molecule has 4 nitrogen and oxygen atoms in total. The summed E-state index contributed by atoms with van der Waals surface area (Å²) in [6.07, 6.45) is -3.96. The van der Waals surface area contributed by atoms with Gasteiger partial charge in [0.25, 0.3) is 0 Å². The molecule has 1 aromatic rings. The van der Waals surface area contributed by atoms with E-state index >= 15 is 0 Å². The molecule has 1 aromatic heterocycles. The average molecular weight is 294 g/mol. The molecule has 1 N–H and O–H groups in total. The Morgan fingerprint density at radius 2 is 2.16 bits per heavy atom. The number of nitrogens with zero attached hydrogens (tertiary/aromatic N) is 3. The molecule has 0 fully saturated rings. The number of thiazole rings is 1. The van der Waals surface area contributed by atoms with Crippen molar-refractivity contribution in [1.29, 1.82) is 0 Å². The maximum atomic E-state index is 12.4. The zero-order valence-corrected chi connectivity index (χ0v) is 11.9. The summed E-state index contributed by atoms with van der Waals surface area (Å²) in [5.74, 6) is 0.718. The molecule has 0 saturated heterocycles. The van der Waals surface area contributed by atoms with Crippen molar-refractivity contribution in [1.82, 2.24) is 15.2 Å². The molecule has 1 rings (SSSR count). The molecule has 0 saturated carbocycles. The van der Waals surface area contributed by atoms with Gasteiger partial charge in [-0.15, -0.1) is 11.3 Å². The molecule has 0 atom stereocenters. The van der Waals surface area contributed by atoms with E-state index in [2.05, 4.69) is 15.3 Å². The van der Waals surface area contributed by atoms with Crippen LogP contribution in [0.3, 0.4) is 0 Å². The number of nitrogens with one attached hydrogen (secondary N) is 1. The Hall–Kier alpha value is -1.31. The molecule has 0 aliphatic rings. The highest BCUT2D eigenvalue weighted by Gasteiger charge is 2.33. The lowest BCUT2D eigenvalue weighted by molar-refractivity contribution is -0.140. The van der Waals surface area contributed by atoms with Crippen LogP contribution in [0, 0.1) is 0 Å². The lowest BCUT2D eigenvalue weighted by Crippen LogP contribution is -2.36. The third kappa shape index (κ3) is 5.06. The van der Waals surface area contributed by atoms with Gasteiger partial charge in [-0.25, -0.2) is 4.98 Å². The molecule has 1 heterocycles. The zero-order chi connectivity index (χ0) is 14.5. The van der Waals surface area contributed by atoms with E-state index in [1.807, 2.05) is 25.9 Å². The molecule has 0 aliphatic heterocycles. The number of guanidine groups is 1. The van der Waals surface area contributed by atoms with E-state index in [0.717, 1.165) is 29.2 Å². The van der Waals surface area contributed by atoms with E-state index in [1.165, 1.54) is 0 Å². The van der Waals surface area contributed by atoms with Crippen molar-refractivity contribution >= 4 is 17.3 Å². The van der Waals surface area contributed by atoms with Crippen molar-refractivity contribution in [3.8, 4) is 0 Å². The van der Waals surface area contributed by atoms with Crippen LogP contribution in [0.1, 0.15) is 17.6 Å². The third-order valence-electron chi connectivity index (χ3n) is 2.19. The monoisotopic (exact) mass is 294 g/mol. The van der Waals surface area contributed by atoms with Crippen molar-refractivity contribution in [3.63, 3.8) is 0 Å². The maximum Gasteiger partial charge on any atom is 0.434 e. The van der Waals surface area contributed by atoms with Crippen LogP contribution in [0.4, 0.5) is 13.2 Å². The molecule has 0 bridgehead atoms. The molecule has 0 aliphatic carbocycles. The number of aromatic nitrogens is 1. The van der Waals surface area contributed by atoms with Crippen LogP contribution in [-0.2, 0) is 12.6 Å². The van der Waals surface area contributed by atoms with Crippen molar-refractivity contribution in [2.75, 3.05) is 27.2 Å². The van der Waals surface area contributed by atoms with Crippen LogP contribution >= 0.6 is 11.3 Å². The first-order valence-electron chi connectivity index (χ1n) is 5.81. The summed E-state index contributed by atoms with van der Waals surface area (Å²) < 4.78 is 37.1. The smallest absolute Gasteiger partial charge is 0.357 e. The maximum absolute atomic E-state index is 12.4. The van der Waals surface area contributed by atoms with Crippen LogP contribution in [0.2, 0.25) is 0 Å². The summed E-state index contributed by atoms with van der Waals surface area (Å²) in [5, 5.41) is 4.56. The highest BCUT2D eigenvalue weighted by Crippen LogP contribution is 2.30. The lowest BCUT2D eigenvalue weighted by Gasteiger charge is -2.16. The Morgan fingerprint density at radius 3 is 2.63 bits per heavy atom. The predicted molar refractivity (Wildman–Crippen MR) is 70.5 cm³/mol. The number of aliphatic imine (C=N–C) groups is 1. The summed E-state index contributed by atoms with van der Waals surface area (Å²) in [5.41, 5.74) is -0.823. The van der Waals surface area contributed by atoms with E-state index < -0.39 is 11.9 Å². The molecular weight excluding hydrogens is 277 g/mol. The quantitative estimate of drug-likeness (QED) is 0.684. The van der Waals surface area contributed by atoms with E-state index in [-0.39, 0.29) is 0 Å². The first-order chi connectivity index (χ1) is 8.84. The number of halogens is 3. The molecular formula is C11H17F3N4S. The Labute approximate surface area is 114 Å². The summed E-state index contributed by atoms with van der Waals surface area (Å²) in [6.45, 7) is 3.10.